The van der Waals surface area contributed by atoms with Crippen LogP contribution in [0.25, 0.3) is 0 Å². The summed E-state index contributed by atoms with van der Waals surface area (Å²) in [6, 6.07) is 22.9. The van der Waals surface area contributed by atoms with E-state index in [4.69, 9.17) is 0 Å². The van der Waals surface area contributed by atoms with Crippen molar-refractivity contribution < 1.29 is 9.59 Å². The van der Waals surface area contributed by atoms with E-state index >= 15 is 0 Å². The molecule has 0 spiro atoms. The van der Waals surface area contributed by atoms with E-state index in [1.807, 2.05) is 71.4 Å². The van der Waals surface area contributed by atoms with Crippen molar-refractivity contribution in [2.75, 3.05) is 5.32 Å². The summed E-state index contributed by atoms with van der Waals surface area (Å²) in [5, 5.41) is 2.71. The Kier molecular flexibility index (Phi) is 5.94. The molecule has 27 heavy (non-hydrogen) atoms. The number of hydrogen-bond acceptors (Lipinski definition) is 2. The molecule has 0 radical (unpaired) electrons. The smallest absolute Gasteiger partial charge is 0.252 e. The third kappa shape index (κ3) is 5.51. The molecule has 5 nitrogen and oxygen atoms in total. The molecule has 0 atom stereocenters. The third-order valence-corrected chi connectivity index (χ3v) is 3.98. The zero-order chi connectivity index (χ0) is 19.1. The van der Waals surface area contributed by atoms with Crippen LogP contribution in [0.4, 0.5) is 5.69 Å². The number of hydrogen-bond donors (Lipinski definition) is 1. The zero-order valence-corrected chi connectivity index (χ0v) is 15.1. The average molecular weight is 359 g/mol. The summed E-state index contributed by atoms with van der Waals surface area (Å²) >= 11 is 0. The predicted octanol–water partition coefficient (Wildman–Crippen LogP) is 3.16. The molecule has 0 aliphatic rings. The highest BCUT2D eigenvalue weighted by atomic mass is 16.1. The molecule has 2 amide bonds. The molecule has 1 N–H and O–H groups in total. The van der Waals surface area contributed by atoms with Gasteiger partial charge in [-0.2, -0.15) is 4.99 Å². The van der Waals surface area contributed by atoms with Crippen LogP contribution in [-0.4, -0.2) is 16.4 Å². The number of nitrogens with zero attached hydrogens (tertiary/aromatic N) is 2. The Balaban J connectivity index is 1.74. The van der Waals surface area contributed by atoms with Crippen molar-refractivity contribution in [2.24, 2.45) is 4.99 Å². The number of nitrogens with one attached hydrogen (secondary N) is 1. The first-order chi connectivity index (χ1) is 13.1. The van der Waals surface area contributed by atoms with Gasteiger partial charge in [-0.25, -0.2) is 0 Å². The molecule has 3 rings (SSSR count). The average Bonchev–Trinajstić information content (AvgIpc) is 2.65. The second-order valence-electron chi connectivity index (χ2n) is 6.23. The van der Waals surface area contributed by atoms with E-state index in [1.54, 1.807) is 12.1 Å². The lowest BCUT2D eigenvalue weighted by Crippen LogP contribution is -2.22. The van der Waals surface area contributed by atoms with Gasteiger partial charge < -0.3 is 9.88 Å². The van der Waals surface area contributed by atoms with Crippen molar-refractivity contribution in [1.82, 2.24) is 4.57 Å². The van der Waals surface area contributed by atoms with Crippen LogP contribution < -0.4 is 10.8 Å². The fourth-order valence-electron chi connectivity index (χ4n) is 2.73. The summed E-state index contributed by atoms with van der Waals surface area (Å²) in [6.45, 7) is 2.11. The Bertz CT molecular complexity index is 990. The van der Waals surface area contributed by atoms with Gasteiger partial charge in [0.2, 0.25) is 5.91 Å². The van der Waals surface area contributed by atoms with E-state index in [1.165, 1.54) is 6.92 Å². The lowest BCUT2D eigenvalue weighted by Gasteiger charge is -2.07. The Morgan fingerprint density at radius 1 is 0.889 bits per heavy atom. The van der Waals surface area contributed by atoms with Crippen LogP contribution in [0.15, 0.2) is 84.0 Å². The minimum absolute atomic E-state index is 0.124. The molecule has 0 fully saturated rings. The normalized spacial score (nSPS) is 11.2. The van der Waals surface area contributed by atoms with Crippen LogP contribution in [0, 0.1) is 0 Å². The molecule has 0 saturated heterocycles. The van der Waals surface area contributed by atoms with Crippen molar-refractivity contribution >= 4 is 17.5 Å². The standard InChI is InChI=1S/C22H21N3O2/c1-17(26)23-20-12-10-18(11-13-20)15-22(27)24-21-9-5-6-14-25(21)16-19-7-3-2-4-8-19/h2-14H,15-16H2,1H3,(H,23,26). The number of carbonyl (C=O) groups is 2. The molecule has 1 heterocycles. The summed E-state index contributed by atoms with van der Waals surface area (Å²) in [5.74, 6) is -0.337. The van der Waals surface area contributed by atoms with Crippen molar-refractivity contribution in [3.63, 3.8) is 0 Å². The van der Waals surface area contributed by atoms with Crippen LogP contribution in [0.3, 0.4) is 0 Å². The molecule has 0 aliphatic heterocycles. The maximum atomic E-state index is 12.4. The lowest BCUT2D eigenvalue weighted by molar-refractivity contribution is -0.117. The summed E-state index contributed by atoms with van der Waals surface area (Å²) in [5.41, 5.74) is 3.33. The van der Waals surface area contributed by atoms with Gasteiger partial charge in [-0.15, -0.1) is 0 Å². The number of pyridine rings is 1. The van der Waals surface area contributed by atoms with Gasteiger partial charge in [0.15, 0.2) is 0 Å². The monoisotopic (exact) mass is 359 g/mol. The Morgan fingerprint density at radius 2 is 1.59 bits per heavy atom. The van der Waals surface area contributed by atoms with E-state index < -0.39 is 0 Å². The molecule has 136 valence electrons. The molecule has 0 saturated carbocycles. The third-order valence-electron chi connectivity index (χ3n) is 3.98. The predicted molar refractivity (Wildman–Crippen MR) is 105 cm³/mol. The van der Waals surface area contributed by atoms with Crippen molar-refractivity contribution in [3.05, 3.63) is 95.6 Å². The molecule has 0 aliphatic carbocycles. The molecule has 1 aromatic heterocycles. The molecular formula is C22H21N3O2. The molecule has 0 bridgehead atoms. The largest absolute Gasteiger partial charge is 0.328 e. The topological polar surface area (TPSA) is 63.5 Å². The highest BCUT2D eigenvalue weighted by Gasteiger charge is 2.04. The van der Waals surface area contributed by atoms with E-state index in [-0.39, 0.29) is 18.2 Å². The summed E-state index contributed by atoms with van der Waals surface area (Å²) < 4.78 is 1.95. The van der Waals surface area contributed by atoms with Crippen LogP contribution >= 0.6 is 0 Å². The van der Waals surface area contributed by atoms with Crippen LogP contribution in [0.1, 0.15) is 18.1 Å². The van der Waals surface area contributed by atoms with Crippen molar-refractivity contribution in [3.8, 4) is 0 Å². The number of aromatic nitrogens is 1. The molecule has 0 unspecified atom stereocenters. The molecule has 5 heteroatoms. The minimum atomic E-state index is -0.213. The second-order valence-corrected chi connectivity index (χ2v) is 6.23. The first kappa shape index (κ1) is 18.3. The lowest BCUT2D eigenvalue weighted by atomic mass is 10.1. The van der Waals surface area contributed by atoms with Crippen molar-refractivity contribution in [2.45, 2.75) is 19.9 Å². The number of carbonyl (C=O) groups excluding carboxylic acids is 2. The van der Waals surface area contributed by atoms with Gasteiger partial charge in [-0.05, 0) is 35.4 Å². The second kappa shape index (κ2) is 8.76. The Morgan fingerprint density at radius 3 is 2.30 bits per heavy atom. The van der Waals surface area contributed by atoms with Gasteiger partial charge in [0.1, 0.15) is 5.49 Å². The van der Waals surface area contributed by atoms with E-state index in [0.29, 0.717) is 17.7 Å². The van der Waals surface area contributed by atoms with Gasteiger partial charge in [-0.1, -0.05) is 48.5 Å². The Hall–Kier alpha value is -3.47. The van der Waals surface area contributed by atoms with Gasteiger partial charge >= 0.3 is 0 Å². The SMILES string of the molecule is CC(=O)Nc1ccc(CC(=O)N=c2ccccn2Cc2ccccc2)cc1. The number of rotatable bonds is 5. The van der Waals surface area contributed by atoms with E-state index in [0.717, 1.165) is 11.1 Å². The summed E-state index contributed by atoms with van der Waals surface area (Å²) in [6.07, 6.45) is 2.13. The van der Waals surface area contributed by atoms with Gasteiger partial charge in [0, 0.05) is 25.4 Å². The first-order valence-electron chi connectivity index (χ1n) is 8.73. The molecule has 2 aromatic carbocycles. The van der Waals surface area contributed by atoms with Crippen LogP contribution in [0.2, 0.25) is 0 Å². The zero-order valence-electron chi connectivity index (χ0n) is 15.1. The maximum absolute atomic E-state index is 12.4. The highest BCUT2D eigenvalue weighted by molar-refractivity contribution is 5.88. The highest BCUT2D eigenvalue weighted by Crippen LogP contribution is 2.10. The summed E-state index contributed by atoms with van der Waals surface area (Å²) in [4.78, 5) is 27.7. The van der Waals surface area contributed by atoms with E-state index in [2.05, 4.69) is 10.3 Å². The first-order valence-corrected chi connectivity index (χ1v) is 8.73. The van der Waals surface area contributed by atoms with Crippen molar-refractivity contribution in [1.29, 1.82) is 0 Å². The molecular weight excluding hydrogens is 338 g/mol. The summed E-state index contributed by atoms with van der Waals surface area (Å²) in [7, 11) is 0. The quantitative estimate of drug-likeness (QED) is 0.760. The van der Waals surface area contributed by atoms with Gasteiger partial charge in [0.05, 0.1) is 6.42 Å². The maximum Gasteiger partial charge on any atom is 0.252 e. The van der Waals surface area contributed by atoms with Crippen LogP contribution in [-0.2, 0) is 22.6 Å². The van der Waals surface area contributed by atoms with Gasteiger partial charge in [0.25, 0.3) is 5.91 Å². The minimum Gasteiger partial charge on any atom is -0.328 e. The van der Waals surface area contributed by atoms with Gasteiger partial charge in [-0.3, -0.25) is 9.59 Å². The Labute approximate surface area is 158 Å². The van der Waals surface area contributed by atoms with E-state index in [9.17, 15) is 9.59 Å². The molecule has 3 aromatic rings. The fourth-order valence-corrected chi connectivity index (χ4v) is 2.73. The number of amides is 2. The number of benzene rings is 2. The fraction of sp³-hybridized carbons (Fsp3) is 0.136. The van der Waals surface area contributed by atoms with Crippen LogP contribution in [0.5, 0.6) is 0 Å². The number of anilines is 1.